The number of nitrogens with one attached hydrogen (secondary N) is 1. The number of aryl methyl sites for hydroxylation is 1. The van der Waals surface area contributed by atoms with Crippen LogP contribution in [0.5, 0.6) is 0 Å². The van der Waals surface area contributed by atoms with E-state index >= 15 is 0 Å². The maximum atomic E-state index is 13.5. The maximum Gasteiger partial charge on any atom is 0.340 e. The first-order valence-electron chi connectivity index (χ1n) is 10.0. The number of likely N-dealkylation sites (N-methyl/N-ethyl adjacent to an activating group) is 1. The lowest BCUT2D eigenvalue weighted by Gasteiger charge is -2.17. The van der Waals surface area contributed by atoms with Crippen LogP contribution in [-0.4, -0.2) is 38.8 Å². The SMILES string of the molecule is Cc1cc(S(=O)(=O)Nc2ccccc2C(=O)OCC(=O)N(C)Cc2ccccc2)ccc1F. The Labute approximate surface area is 191 Å². The van der Waals surface area contributed by atoms with E-state index in [9.17, 15) is 22.4 Å². The van der Waals surface area contributed by atoms with Gasteiger partial charge in [-0.1, -0.05) is 42.5 Å². The van der Waals surface area contributed by atoms with Gasteiger partial charge in [0.2, 0.25) is 0 Å². The highest BCUT2D eigenvalue weighted by Crippen LogP contribution is 2.22. The molecule has 0 radical (unpaired) electrons. The molecule has 1 amide bonds. The van der Waals surface area contributed by atoms with Gasteiger partial charge >= 0.3 is 5.97 Å². The Hall–Kier alpha value is -3.72. The van der Waals surface area contributed by atoms with Gasteiger partial charge in [0.25, 0.3) is 15.9 Å². The average Bonchev–Trinajstić information content (AvgIpc) is 2.79. The van der Waals surface area contributed by atoms with Crippen LogP contribution < -0.4 is 4.72 Å². The topological polar surface area (TPSA) is 92.8 Å². The Kier molecular flexibility index (Phi) is 7.44. The number of anilines is 1. The van der Waals surface area contributed by atoms with Crippen molar-refractivity contribution in [1.29, 1.82) is 0 Å². The minimum atomic E-state index is -4.09. The third kappa shape index (κ3) is 6.17. The lowest BCUT2D eigenvalue weighted by molar-refractivity contribution is -0.133. The van der Waals surface area contributed by atoms with E-state index in [1.54, 1.807) is 19.2 Å². The Morgan fingerprint density at radius 2 is 1.67 bits per heavy atom. The van der Waals surface area contributed by atoms with E-state index in [0.717, 1.165) is 17.7 Å². The van der Waals surface area contributed by atoms with Crippen molar-refractivity contribution < 1.29 is 27.1 Å². The van der Waals surface area contributed by atoms with Crippen molar-refractivity contribution in [2.45, 2.75) is 18.4 Å². The number of ether oxygens (including phenoxy) is 1. The maximum absolute atomic E-state index is 13.5. The van der Waals surface area contributed by atoms with Crippen molar-refractivity contribution in [3.05, 3.63) is 95.3 Å². The zero-order valence-electron chi connectivity index (χ0n) is 18.1. The first-order chi connectivity index (χ1) is 15.7. The van der Waals surface area contributed by atoms with E-state index in [2.05, 4.69) is 4.72 Å². The van der Waals surface area contributed by atoms with Gasteiger partial charge in [-0.05, 0) is 48.4 Å². The van der Waals surface area contributed by atoms with E-state index in [4.69, 9.17) is 4.74 Å². The number of carbonyl (C=O) groups excluding carboxylic acids is 2. The number of hydrogen-bond donors (Lipinski definition) is 1. The van der Waals surface area contributed by atoms with Crippen molar-refractivity contribution in [3.8, 4) is 0 Å². The van der Waals surface area contributed by atoms with E-state index in [-0.39, 0.29) is 21.7 Å². The second-order valence-electron chi connectivity index (χ2n) is 7.37. The zero-order valence-corrected chi connectivity index (χ0v) is 18.9. The fourth-order valence-electron chi connectivity index (χ4n) is 3.00. The first kappa shape index (κ1) is 23.9. The molecule has 0 unspecified atom stereocenters. The number of nitrogens with zero attached hydrogens (tertiary/aromatic N) is 1. The Morgan fingerprint density at radius 1 is 1.00 bits per heavy atom. The van der Waals surface area contributed by atoms with E-state index in [1.165, 1.54) is 30.0 Å². The number of halogens is 1. The molecule has 1 N–H and O–H groups in total. The first-order valence-corrected chi connectivity index (χ1v) is 11.5. The van der Waals surface area contributed by atoms with Gasteiger partial charge in [-0.2, -0.15) is 0 Å². The van der Waals surface area contributed by atoms with Crippen LogP contribution in [0.15, 0.2) is 77.7 Å². The van der Waals surface area contributed by atoms with Crippen LogP contribution in [0.4, 0.5) is 10.1 Å². The molecule has 0 aliphatic carbocycles. The highest BCUT2D eigenvalue weighted by molar-refractivity contribution is 7.92. The second kappa shape index (κ2) is 10.3. The predicted molar refractivity (Wildman–Crippen MR) is 122 cm³/mol. The smallest absolute Gasteiger partial charge is 0.340 e. The molecule has 0 heterocycles. The molecule has 9 heteroatoms. The number of para-hydroxylation sites is 1. The molecule has 3 aromatic carbocycles. The van der Waals surface area contributed by atoms with Crippen LogP contribution in [-0.2, 0) is 26.1 Å². The third-order valence-electron chi connectivity index (χ3n) is 4.85. The summed E-state index contributed by atoms with van der Waals surface area (Å²) in [5.41, 5.74) is 1.02. The van der Waals surface area contributed by atoms with Crippen LogP contribution in [0.3, 0.4) is 0 Å². The molecule has 33 heavy (non-hydrogen) atoms. The van der Waals surface area contributed by atoms with Gasteiger partial charge in [0.15, 0.2) is 6.61 Å². The zero-order chi connectivity index (χ0) is 24.0. The molecule has 0 aromatic heterocycles. The van der Waals surface area contributed by atoms with Crippen LogP contribution >= 0.6 is 0 Å². The molecular weight excluding hydrogens is 447 g/mol. The number of sulfonamides is 1. The highest BCUT2D eigenvalue weighted by atomic mass is 32.2. The lowest BCUT2D eigenvalue weighted by Crippen LogP contribution is -2.31. The molecule has 0 aliphatic rings. The molecule has 7 nitrogen and oxygen atoms in total. The Balaban J connectivity index is 1.68. The standard InChI is InChI=1S/C24H23FN2O5S/c1-17-14-19(12-13-21(17)25)33(30,31)26-22-11-7-6-10-20(22)24(29)32-16-23(28)27(2)15-18-8-4-3-5-9-18/h3-14,26H,15-16H2,1-2H3. The molecule has 172 valence electrons. The Morgan fingerprint density at radius 3 is 2.36 bits per heavy atom. The predicted octanol–water partition coefficient (Wildman–Crippen LogP) is 3.75. The van der Waals surface area contributed by atoms with Crippen LogP contribution in [0.2, 0.25) is 0 Å². The molecule has 0 saturated heterocycles. The molecule has 0 saturated carbocycles. The fourth-order valence-corrected chi connectivity index (χ4v) is 4.16. The summed E-state index contributed by atoms with van der Waals surface area (Å²) in [6.45, 7) is 1.30. The minimum Gasteiger partial charge on any atom is -0.452 e. The minimum absolute atomic E-state index is 0.0189. The van der Waals surface area contributed by atoms with Gasteiger partial charge in [-0.25, -0.2) is 17.6 Å². The summed E-state index contributed by atoms with van der Waals surface area (Å²) in [4.78, 5) is 26.2. The van der Waals surface area contributed by atoms with Gasteiger partial charge in [0, 0.05) is 13.6 Å². The van der Waals surface area contributed by atoms with Crippen LogP contribution in [0.25, 0.3) is 0 Å². The van der Waals surface area contributed by atoms with E-state index < -0.39 is 34.3 Å². The third-order valence-corrected chi connectivity index (χ3v) is 6.21. The largest absolute Gasteiger partial charge is 0.452 e. The number of carbonyl (C=O) groups is 2. The molecular formula is C24H23FN2O5S. The summed E-state index contributed by atoms with van der Waals surface area (Å²) in [7, 11) is -2.49. The summed E-state index contributed by atoms with van der Waals surface area (Å²) >= 11 is 0. The van der Waals surface area contributed by atoms with Gasteiger partial charge in [0.1, 0.15) is 5.82 Å². The van der Waals surface area contributed by atoms with Crippen molar-refractivity contribution in [1.82, 2.24) is 4.90 Å². The van der Waals surface area contributed by atoms with Gasteiger partial charge in [-0.15, -0.1) is 0 Å². The summed E-state index contributed by atoms with van der Waals surface area (Å²) in [5, 5.41) is 0. The van der Waals surface area contributed by atoms with Gasteiger partial charge in [0.05, 0.1) is 16.1 Å². The summed E-state index contributed by atoms with van der Waals surface area (Å²) < 4.78 is 46.4. The number of hydrogen-bond acceptors (Lipinski definition) is 5. The second-order valence-corrected chi connectivity index (χ2v) is 9.06. The fraction of sp³-hybridized carbons (Fsp3) is 0.167. The van der Waals surface area contributed by atoms with E-state index in [0.29, 0.717) is 6.54 Å². The molecule has 0 spiro atoms. The molecule has 0 bridgehead atoms. The number of amides is 1. The number of benzene rings is 3. The van der Waals surface area contributed by atoms with Crippen molar-refractivity contribution in [2.24, 2.45) is 0 Å². The quantitative estimate of drug-likeness (QED) is 0.506. The highest BCUT2D eigenvalue weighted by Gasteiger charge is 2.21. The normalized spacial score (nSPS) is 11.0. The van der Waals surface area contributed by atoms with Crippen molar-refractivity contribution in [3.63, 3.8) is 0 Å². The molecule has 3 aromatic rings. The summed E-state index contributed by atoms with van der Waals surface area (Å²) in [5.74, 6) is -1.79. The molecule has 0 fully saturated rings. The lowest BCUT2D eigenvalue weighted by atomic mass is 10.2. The molecule has 3 rings (SSSR count). The monoisotopic (exact) mass is 470 g/mol. The molecule has 0 atom stereocenters. The number of rotatable bonds is 8. The van der Waals surface area contributed by atoms with Crippen molar-refractivity contribution in [2.75, 3.05) is 18.4 Å². The summed E-state index contributed by atoms with van der Waals surface area (Å²) in [6.07, 6.45) is 0. The van der Waals surface area contributed by atoms with Crippen LogP contribution in [0.1, 0.15) is 21.5 Å². The van der Waals surface area contributed by atoms with E-state index in [1.807, 2.05) is 30.3 Å². The number of esters is 1. The average molecular weight is 471 g/mol. The van der Waals surface area contributed by atoms with Crippen LogP contribution in [0, 0.1) is 12.7 Å². The Bertz CT molecular complexity index is 1260. The van der Waals surface area contributed by atoms with Gasteiger partial charge < -0.3 is 9.64 Å². The van der Waals surface area contributed by atoms with Crippen molar-refractivity contribution >= 4 is 27.6 Å². The van der Waals surface area contributed by atoms with Gasteiger partial charge in [-0.3, -0.25) is 9.52 Å². The summed E-state index contributed by atoms with van der Waals surface area (Å²) in [6, 6.07) is 18.6. The molecule has 0 aliphatic heterocycles.